The Hall–Kier alpha value is -1.97. The maximum atomic E-state index is 13.3. The van der Waals surface area contributed by atoms with Gasteiger partial charge >= 0.3 is 6.18 Å². The number of hydrogen-bond donors (Lipinski definition) is 1. The van der Waals surface area contributed by atoms with E-state index in [1.807, 2.05) is 20.0 Å². The quantitative estimate of drug-likeness (QED) is 0.428. The summed E-state index contributed by atoms with van der Waals surface area (Å²) in [5, 5.41) is 4.21. The first-order chi connectivity index (χ1) is 14.1. The SMILES string of the molecule is Cc1cc(C(=O)C[C@H](CN)Cc2ccccc2C(F)(F)F)sc1-c1c(Br)cnn1C. The number of Topliss-reactive ketones (excluding diaryl/α,β-unsaturated/α-hetero) is 1. The van der Waals surface area contributed by atoms with E-state index in [1.54, 1.807) is 16.9 Å². The summed E-state index contributed by atoms with van der Waals surface area (Å²) < 4.78 is 42.4. The monoisotopic (exact) mass is 499 g/mol. The van der Waals surface area contributed by atoms with Crippen LogP contribution < -0.4 is 5.73 Å². The molecule has 0 amide bonds. The van der Waals surface area contributed by atoms with Gasteiger partial charge in [0.1, 0.15) is 0 Å². The Kier molecular flexibility index (Phi) is 6.84. The van der Waals surface area contributed by atoms with E-state index in [9.17, 15) is 18.0 Å². The Labute approximate surface area is 185 Å². The van der Waals surface area contributed by atoms with Crippen molar-refractivity contribution in [3.05, 3.63) is 62.6 Å². The van der Waals surface area contributed by atoms with Crippen LogP contribution in [0.15, 0.2) is 41.0 Å². The molecule has 9 heteroatoms. The van der Waals surface area contributed by atoms with Gasteiger partial charge in [-0.25, -0.2) is 0 Å². The zero-order valence-corrected chi connectivity index (χ0v) is 18.9. The van der Waals surface area contributed by atoms with Gasteiger partial charge in [-0.15, -0.1) is 11.3 Å². The van der Waals surface area contributed by atoms with E-state index in [2.05, 4.69) is 21.0 Å². The molecule has 2 N–H and O–H groups in total. The molecule has 0 unspecified atom stereocenters. The van der Waals surface area contributed by atoms with Gasteiger partial charge in [0, 0.05) is 13.5 Å². The molecular weight excluding hydrogens is 479 g/mol. The number of carbonyl (C=O) groups excluding carboxylic acids is 1. The molecule has 0 aliphatic rings. The lowest BCUT2D eigenvalue weighted by Crippen LogP contribution is -2.22. The highest BCUT2D eigenvalue weighted by atomic mass is 79.9. The molecule has 0 fully saturated rings. The largest absolute Gasteiger partial charge is 0.416 e. The molecule has 3 rings (SSSR count). The van der Waals surface area contributed by atoms with Crippen molar-refractivity contribution in [2.24, 2.45) is 18.7 Å². The summed E-state index contributed by atoms with van der Waals surface area (Å²) >= 11 is 4.83. The Morgan fingerprint density at radius 1 is 1.33 bits per heavy atom. The maximum Gasteiger partial charge on any atom is 0.416 e. The summed E-state index contributed by atoms with van der Waals surface area (Å²) in [7, 11) is 1.82. The lowest BCUT2D eigenvalue weighted by molar-refractivity contribution is -0.138. The second kappa shape index (κ2) is 9.03. The Balaban J connectivity index is 1.80. The number of nitrogens with zero attached hydrogens (tertiary/aromatic N) is 2. The standard InChI is InChI=1S/C21H21BrF3N3OS/c1-12-7-18(30-20(12)19-16(22)11-27-28(19)2)17(29)9-13(10-26)8-14-5-3-4-6-15(14)21(23,24)25/h3-7,11,13H,8-10,26H2,1-2H3/t13-/m1/s1. The smallest absolute Gasteiger partial charge is 0.330 e. The highest BCUT2D eigenvalue weighted by molar-refractivity contribution is 9.10. The van der Waals surface area contributed by atoms with E-state index in [0.29, 0.717) is 4.88 Å². The van der Waals surface area contributed by atoms with E-state index in [-0.39, 0.29) is 36.7 Å². The predicted octanol–water partition coefficient (Wildman–Crippen LogP) is 5.63. The molecule has 1 aromatic carbocycles. The van der Waals surface area contributed by atoms with Gasteiger partial charge in [0.2, 0.25) is 0 Å². The molecular formula is C21H21BrF3N3OS. The Morgan fingerprint density at radius 3 is 2.63 bits per heavy atom. The first kappa shape index (κ1) is 22.7. The highest BCUT2D eigenvalue weighted by Crippen LogP contribution is 2.37. The number of aryl methyl sites for hydroxylation is 2. The molecule has 30 heavy (non-hydrogen) atoms. The number of carbonyl (C=O) groups is 1. The third kappa shape index (κ3) is 4.84. The second-order valence-corrected chi connectivity index (χ2v) is 9.08. The Morgan fingerprint density at radius 2 is 2.03 bits per heavy atom. The molecule has 0 radical (unpaired) electrons. The first-order valence-electron chi connectivity index (χ1n) is 9.28. The summed E-state index contributed by atoms with van der Waals surface area (Å²) in [6.45, 7) is 2.05. The number of aromatic nitrogens is 2. The number of halogens is 4. The van der Waals surface area contributed by atoms with Crippen molar-refractivity contribution in [3.63, 3.8) is 0 Å². The van der Waals surface area contributed by atoms with Crippen molar-refractivity contribution < 1.29 is 18.0 Å². The molecule has 0 spiro atoms. The molecule has 2 heterocycles. The molecule has 0 aliphatic heterocycles. The molecule has 1 atom stereocenters. The number of nitrogens with two attached hydrogens (primary N) is 1. The fraction of sp³-hybridized carbons (Fsp3) is 0.333. The normalized spacial score (nSPS) is 12.9. The lowest BCUT2D eigenvalue weighted by Gasteiger charge is -2.17. The van der Waals surface area contributed by atoms with Gasteiger partial charge in [0.15, 0.2) is 5.78 Å². The fourth-order valence-electron chi connectivity index (χ4n) is 3.41. The molecule has 4 nitrogen and oxygen atoms in total. The van der Waals surface area contributed by atoms with E-state index in [1.165, 1.54) is 23.5 Å². The van der Waals surface area contributed by atoms with Crippen LogP contribution >= 0.6 is 27.3 Å². The minimum atomic E-state index is -4.43. The van der Waals surface area contributed by atoms with Gasteiger partial charge in [0.05, 0.1) is 31.7 Å². The minimum Gasteiger partial charge on any atom is -0.330 e. The summed E-state index contributed by atoms with van der Waals surface area (Å²) in [6, 6.07) is 7.26. The van der Waals surface area contributed by atoms with E-state index in [4.69, 9.17) is 5.73 Å². The van der Waals surface area contributed by atoms with E-state index >= 15 is 0 Å². The van der Waals surface area contributed by atoms with Crippen LogP contribution in [0.2, 0.25) is 0 Å². The summed E-state index contributed by atoms with van der Waals surface area (Å²) in [4.78, 5) is 14.4. The zero-order valence-electron chi connectivity index (χ0n) is 16.5. The van der Waals surface area contributed by atoms with Crippen LogP contribution in [0.25, 0.3) is 10.6 Å². The van der Waals surface area contributed by atoms with Crippen LogP contribution in [0.1, 0.15) is 32.8 Å². The molecule has 3 aromatic rings. The number of benzene rings is 1. The van der Waals surface area contributed by atoms with Gasteiger partial charge in [-0.3, -0.25) is 9.48 Å². The number of thiophene rings is 1. The fourth-order valence-corrected chi connectivity index (χ4v) is 5.30. The number of hydrogen-bond acceptors (Lipinski definition) is 4. The molecule has 0 saturated carbocycles. The summed E-state index contributed by atoms with van der Waals surface area (Å²) in [5.74, 6) is -0.497. The highest BCUT2D eigenvalue weighted by Gasteiger charge is 2.33. The third-order valence-corrected chi connectivity index (χ3v) is 6.81. The average Bonchev–Trinajstić information content (AvgIpc) is 3.22. The lowest BCUT2D eigenvalue weighted by atomic mass is 9.91. The van der Waals surface area contributed by atoms with Crippen LogP contribution in [-0.4, -0.2) is 22.1 Å². The molecule has 2 aromatic heterocycles. The number of rotatable bonds is 7. The topological polar surface area (TPSA) is 60.9 Å². The van der Waals surface area contributed by atoms with Crippen LogP contribution in [0.5, 0.6) is 0 Å². The van der Waals surface area contributed by atoms with Crippen LogP contribution in [0.4, 0.5) is 13.2 Å². The van der Waals surface area contributed by atoms with E-state index < -0.39 is 11.7 Å². The average molecular weight is 500 g/mol. The molecule has 0 saturated heterocycles. The first-order valence-corrected chi connectivity index (χ1v) is 10.9. The van der Waals surface area contributed by atoms with Gasteiger partial charge < -0.3 is 5.73 Å². The van der Waals surface area contributed by atoms with Crippen LogP contribution in [-0.2, 0) is 19.6 Å². The number of ketones is 1. The van der Waals surface area contributed by atoms with Gasteiger partial charge in [0.25, 0.3) is 0 Å². The molecule has 0 aliphatic carbocycles. The number of alkyl halides is 3. The zero-order chi connectivity index (χ0) is 22.1. The predicted molar refractivity (Wildman–Crippen MR) is 116 cm³/mol. The van der Waals surface area contributed by atoms with Crippen LogP contribution in [0.3, 0.4) is 0 Å². The third-order valence-electron chi connectivity index (χ3n) is 4.94. The minimum absolute atomic E-state index is 0.0919. The van der Waals surface area contributed by atoms with Gasteiger partial charge in [-0.05, 0) is 65.0 Å². The van der Waals surface area contributed by atoms with Crippen molar-refractivity contribution in [2.75, 3.05) is 6.54 Å². The van der Waals surface area contributed by atoms with Crippen molar-refractivity contribution in [1.82, 2.24) is 9.78 Å². The van der Waals surface area contributed by atoms with E-state index in [0.717, 1.165) is 26.7 Å². The summed E-state index contributed by atoms with van der Waals surface area (Å²) in [5.41, 5.74) is 7.12. The van der Waals surface area contributed by atoms with Gasteiger partial charge in [-0.1, -0.05) is 18.2 Å². The van der Waals surface area contributed by atoms with Crippen molar-refractivity contribution >= 4 is 33.0 Å². The van der Waals surface area contributed by atoms with Crippen LogP contribution in [0, 0.1) is 12.8 Å². The van der Waals surface area contributed by atoms with Crippen molar-refractivity contribution in [1.29, 1.82) is 0 Å². The second-order valence-electron chi connectivity index (χ2n) is 7.18. The molecule has 160 valence electrons. The maximum absolute atomic E-state index is 13.3. The van der Waals surface area contributed by atoms with Gasteiger partial charge in [-0.2, -0.15) is 18.3 Å². The molecule has 0 bridgehead atoms. The van der Waals surface area contributed by atoms with Crippen molar-refractivity contribution in [3.8, 4) is 10.6 Å². The summed E-state index contributed by atoms with van der Waals surface area (Å²) in [6.07, 6.45) is -2.55. The van der Waals surface area contributed by atoms with Crippen molar-refractivity contribution in [2.45, 2.75) is 25.9 Å². The Bertz CT molecular complexity index is 1040.